The largest absolute Gasteiger partial charge is 0.313 e. The highest BCUT2D eigenvalue weighted by molar-refractivity contribution is 5.85. The van der Waals surface area contributed by atoms with Crippen molar-refractivity contribution in [3.8, 4) is 11.3 Å². The molecule has 0 spiro atoms. The molecule has 0 radical (unpaired) electrons. The van der Waals surface area contributed by atoms with E-state index < -0.39 is 0 Å². The lowest BCUT2D eigenvalue weighted by Crippen LogP contribution is -2.19. The molecule has 4 nitrogen and oxygen atoms in total. The van der Waals surface area contributed by atoms with Gasteiger partial charge in [0.1, 0.15) is 5.69 Å². The number of hydrogen-bond donors (Lipinski definition) is 1. The molecule has 0 aliphatic carbocycles. The van der Waals surface area contributed by atoms with Crippen LogP contribution in [0.4, 0.5) is 0 Å². The Kier molecular flexibility index (Phi) is 4.35. The van der Waals surface area contributed by atoms with E-state index in [1.807, 2.05) is 13.2 Å². The molecule has 0 amide bonds. The topological polar surface area (TPSA) is 42.7 Å². The summed E-state index contributed by atoms with van der Waals surface area (Å²) in [5, 5.41) is 11.4. The maximum absolute atomic E-state index is 4.12. The second-order valence-corrected chi connectivity index (χ2v) is 4.54. The summed E-state index contributed by atoms with van der Waals surface area (Å²) < 4.78 is 1.72. The van der Waals surface area contributed by atoms with E-state index in [2.05, 4.69) is 46.0 Å². The second-order valence-electron chi connectivity index (χ2n) is 4.54. The van der Waals surface area contributed by atoms with Gasteiger partial charge in [-0.2, -0.15) is 0 Å². The fourth-order valence-corrected chi connectivity index (χ4v) is 2.22. The van der Waals surface area contributed by atoms with Crippen molar-refractivity contribution < 1.29 is 0 Å². The van der Waals surface area contributed by atoms with E-state index in [-0.39, 0.29) is 12.4 Å². The highest BCUT2D eigenvalue weighted by Crippen LogP contribution is 2.23. The van der Waals surface area contributed by atoms with Crippen molar-refractivity contribution >= 4 is 18.0 Å². The van der Waals surface area contributed by atoms with E-state index in [1.54, 1.807) is 4.68 Å². The average molecular weight is 277 g/mol. The van der Waals surface area contributed by atoms with Gasteiger partial charge >= 0.3 is 0 Å². The van der Waals surface area contributed by atoms with Gasteiger partial charge in [0.2, 0.25) is 0 Å². The van der Waals surface area contributed by atoms with Gasteiger partial charge in [-0.1, -0.05) is 35.6 Å². The molecule has 3 rings (SSSR count). The highest BCUT2D eigenvalue weighted by atomic mass is 35.5. The van der Waals surface area contributed by atoms with Gasteiger partial charge in [0.05, 0.1) is 6.20 Å². The van der Waals surface area contributed by atoms with Gasteiger partial charge in [-0.3, -0.25) is 4.68 Å². The molecule has 0 saturated heterocycles. The summed E-state index contributed by atoms with van der Waals surface area (Å²) in [5.74, 6) is 0. The Labute approximate surface area is 118 Å². The maximum Gasteiger partial charge on any atom is 0.113 e. The molecule has 0 bridgehead atoms. The monoisotopic (exact) mass is 276 g/mol. The SMILES string of the molecule is Cl.Cn1cc(-c2ccc(C3=CCNCC3)cc2)nn1. The molecule has 19 heavy (non-hydrogen) atoms. The predicted molar refractivity (Wildman–Crippen MR) is 79.2 cm³/mol. The first kappa shape index (κ1) is 13.8. The zero-order valence-electron chi connectivity index (χ0n) is 10.8. The van der Waals surface area contributed by atoms with Crippen molar-refractivity contribution in [2.24, 2.45) is 7.05 Å². The minimum Gasteiger partial charge on any atom is -0.313 e. The lowest BCUT2D eigenvalue weighted by Gasteiger charge is -2.14. The number of halogens is 1. The third kappa shape index (κ3) is 3.03. The van der Waals surface area contributed by atoms with Gasteiger partial charge in [0, 0.05) is 19.2 Å². The van der Waals surface area contributed by atoms with Crippen LogP contribution < -0.4 is 5.32 Å². The number of nitrogens with one attached hydrogen (secondary N) is 1. The van der Waals surface area contributed by atoms with E-state index in [9.17, 15) is 0 Å². The third-order valence-electron chi connectivity index (χ3n) is 3.22. The molecule has 1 N–H and O–H groups in total. The van der Waals surface area contributed by atoms with Crippen LogP contribution in [-0.2, 0) is 7.05 Å². The van der Waals surface area contributed by atoms with Gasteiger partial charge in [0.15, 0.2) is 0 Å². The summed E-state index contributed by atoms with van der Waals surface area (Å²) in [6, 6.07) is 8.56. The van der Waals surface area contributed by atoms with Crippen LogP contribution in [0.25, 0.3) is 16.8 Å². The summed E-state index contributed by atoms with van der Waals surface area (Å²) in [4.78, 5) is 0. The minimum absolute atomic E-state index is 0. The molecular formula is C14H17ClN4. The zero-order valence-corrected chi connectivity index (χ0v) is 11.7. The molecule has 100 valence electrons. The van der Waals surface area contributed by atoms with Crippen molar-refractivity contribution in [2.45, 2.75) is 6.42 Å². The Morgan fingerprint density at radius 1 is 1.16 bits per heavy atom. The maximum atomic E-state index is 4.12. The Morgan fingerprint density at radius 3 is 2.47 bits per heavy atom. The Balaban J connectivity index is 0.00000133. The van der Waals surface area contributed by atoms with Crippen molar-refractivity contribution in [1.82, 2.24) is 20.3 Å². The van der Waals surface area contributed by atoms with Gasteiger partial charge in [-0.25, -0.2) is 0 Å². The molecule has 2 aromatic rings. The third-order valence-corrected chi connectivity index (χ3v) is 3.22. The first-order valence-corrected chi connectivity index (χ1v) is 6.20. The molecule has 5 heteroatoms. The van der Waals surface area contributed by atoms with Crippen LogP contribution in [0.15, 0.2) is 36.5 Å². The van der Waals surface area contributed by atoms with E-state index in [0.717, 1.165) is 30.8 Å². The number of aryl methyl sites for hydroxylation is 1. The summed E-state index contributed by atoms with van der Waals surface area (Å²) in [5.41, 5.74) is 4.77. The van der Waals surface area contributed by atoms with Gasteiger partial charge in [-0.05, 0) is 24.1 Å². The molecule has 0 saturated carbocycles. The predicted octanol–water partition coefficient (Wildman–Crippen LogP) is 2.28. The molecule has 0 fully saturated rings. The zero-order chi connectivity index (χ0) is 12.4. The van der Waals surface area contributed by atoms with Gasteiger partial charge in [0.25, 0.3) is 0 Å². The fourth-order valence-electron chi connectivity index (χ4n) is 2.22. The molecule has 1 aliphatic heterocycles. The van der Waals surface area contributed by atoms with Crippen LogP contribution in [0.3, 0.4) is 0 Å². The van der Waals surface area contributed by atoms with Gasteiger partial charge in [-0.15, -0.1) is 17.5 Å². The number of aromatic nitrogens is 3. The Hall–Kier alpha value is -1.65. The number of nitrogens with zero attached hydrogens (tertiary/aromatic N) is 3. The smallest absolute Gasteiger partial charge is 0.113 e. The lowest BCUT2D eigenvalue weighted by molar-refractivity contribution is 0.715. The van der Waals surface area contributed by atoms with Crippen LogP contribution in [0.5, 0.6) is 0 Å². The van der Waals surface area contributed by atoms with Crippen molar-refractivity contribution in [2.75, 3.05) is 13.1 Å². The Bertz CT molecular complexity index is 571. The molecule has 1 aromatic carbocycles. The number of hydrogen-bond acceptors (Lipinski definition) is 3. The van der Waals surface area contributed by atoms with Crippen LogP contribution in [0.2, 0.25) is 0 Å². The normalized spacial score (nSPS) is 14.7. The lowest BCUT2D eigenvalue weighted by atomic mass is 9.99. The van der Waals surface area contributed by atoms with Crippen LogP contribution in [0, 0.1) is 0 Å². The highest BCUT2D eigenvalue weighted by Gasteiger charge is 2.07. The molecule has 1 aromatic heterocycles. The molecule has 0 unspecified atom stereocenters. The van der Waals surface area contributed by atoms with E-state index >= 15 is 0 Å². The summed E-state index contributed by atoms with van der Waals surface area (Å²) in [6.45, 7) is 2.04. The summed E-state index contributed by atoms with van der Waals surface area (Å²) in [7, 11) is 1.88. The van der Waals surface area contributed by atoms with Crippen molar-refractivity contribution in [3.63, 3.8) is 0 Å². The average Bonchev–Trinajstić information content (AvgIpc) is 2.87. The van der Waals surface area contributed by atoms with E-state index in [1.165, 1.54) is 11.1 Å². The van der Waals surface area contributed by atoms with Crippen molar-refractivity contribution in [1.29, 1.82) is 0 Å². The standard InChI is InChI=1S/C14H16N4.ClH/c1-18-10-14(16-17-18)13-4-2-11(3-5-13)12-6-8-15-9-7-12;/h2-6,10,15H,7-9H2,1H3;1H. The summed E-state index contributed by atoms with van der Waals surface area (Å²) >= 11 is 0. The van der Waals surface area contributed by atoms with Crippen LogP contribution in [0.1, 0.15) is 12.0 Å². The molecule has 0 atom stereocenters. The first-order valence-electron chi connectivity index (χ1n) is 6.20. The quantitative estimate of drug-likeness (QED) is 0.915. The van der Waals surface area contributed by atoms with Crippen molar-refractivity contribution in [3.05, 3.63) is 42.1 Å². The van der Waals surface area contributed by atoms with Crippen LogP contribution >= 0.6 is 12.4 Å². The minimum atomic E-state index is 0. The van der Waals surface area contributed by atoms with E-state index in [0.29, 0.717) is 0 Å². The second kappa shape index (κ2) is 5.99. The number of benzene rings is 1. The van der Waals surface area contributed by atoms with Crippen LogP contribution in [-0.4, -0.2) is 28.1 Å². The first-order chi connectivity index (χ1) is 8.83. The molecular weight excluding hydrogens is 260 g/mol. The Morgan fingerprint density at radius 2 is 1.89 bits per heavy atom. The fraction of sp³-hybridized carbons (Fsp3) is 0.286. The number of rotatable bonds is 2. The van der Waals surface area contributed by atoms with Gasteiger partial charge < -0.3 is 5.32 Å². The molecule has 1 aliphatic rings. The molecule has 2 heterocycles. The van der Waals surface area contributed by atoms with E-state index in [4.69, 9.17) is 0 Å². The summed E-state index contributed by atoms with van der Waals surface area (Å²) in [6.07, 6.45) is 5.30.